The summed E-state index contributed by atoms with van der Waals surface area (Å²) in [7, 11) is 0.0637. The molecule has 1 aromatic carbocycles. The van der Waals surface area contributed by atoms with Gasteiger partial charge in [-0.3, -0.25) is 15.5 Å². The molecule has 0 aliphatic rings. The van der Waals surface area contributed by atoms with Gasteiger partial charge in [0.05, 0.1) is 5.69 Å². The SMILES string of the molecule is CN(C)c1ccc(NS(=O)(=O)c2cnccc2NN)cc1. The molecule has 1 heterocycles. The Morgan fingerprint density at radius 2 is 1.81 bits per heavy atom. The Labute approximate surface area is 123 Å². The highest BCUT2D eigenvalue weighted by atomic mass is 32.2. The normalized spacial score (nSPS) is 11.0. The number of hydrazine groups is 1. The smallest absolute Gasteiger partial charge is 0.265 e. The molecule has 0 saturated carbocycles. The summed E-state index contributed by atoms with van der Waals surface area (Å²) < 4.78 is 27.2. The molecule has 2 aromatic rings. The zero-order valence-electron chi connectivity index (χ0n) is 11.7. The van der Waals surface area contributed by atoms with Gasteiger partial charge in [-0.05, 0) is 30.3 Å². The van der Waals surface area contributed by atoms with E-state index in [1.54, 1.807) is 12.1 Å². The molecule has 0 saturated heterocycles. The van der Waals surface area contributed by atoms with Crippen LogP contribution in [0.15, 0.2) is 47.6 Å². The molecule has 0 bridgehead atoms. The second-order valence-corrected chi connectivity index (χ2v) is 6.21. The monoisotopic (exact) mass is 307 g/mol. The van der Waals surface area contributed by atoms with Crippen LogP contribution in [0.25, 0.3) is 0 Å². The first-order chi connectivity index (χ1) is 9.94. The minimum absolute atomic E-state index is 0.0100. The second kappa shape index (κ2) is 5.98. The average molecular weight is 307 g/mol. The van der Waals surface area contributed by atoms with E-state index in [1.165, 1.54) is 18.5 Å². The number of rotatable bonds is 5. The molecule has 0 aliphatic heterocycles. The maximum Gasteiger partial charge on any atom is 0.265 e. The summed E-state index contributed by atoms with van der Waals surface area (Å²) in [5.41, 5.74) is 4.07. The Kier molecular flexibility index (Phi) is 4.29. The quantitative estimate of drug-likeness (QED) is 0.567. The first-order valence-electron chi connectivity index (χ1n) is 6.15. The van der Waals surface area contributed by atoms with Crippen LogP contribution in [0.4, 0.5) is 17.1 Å². The summed E-state index contributed by atoms with van der Waals surface area (Å²) in [6.07, 6.45) is 2.70. The molecule has 0 amide bonds. The maximum atomic E-state index is 12.3. The van der Waals surface area contributed by atoms with Crippen LogP contribution in [-0.4, -0.2) is 27.5 Å². The number of nitrogens with zero attached hydrogens (tertiary/aromatic N) is 2. The number of aromatic nitrogens is 1. The van der Waals surface area contributed by atoms with Crippen molar-refractivity contribution in [3.8, 4) is 0 Å². The fraction of sp³-hybridized carbons (Fsp3) is 0.154. The molecule has 0 fully saturated rings. The van der Waals surface area contributed by atoms with Crippen molar-refractivity contribution in [1.82, 2.24) is 4.98 Å². The van der Waals surface area contributed by atoms with Crippen molar-refractivity contribution >= 4 is 27.1 Å². The molecular weight excluding hydrogens is 290 g/mol. The van der Waals surface area contributed by atoms with Gasteiger partial charge in [0.2, 0.25) is 0 Å². The van der Waals surface area contributed by atoms with E-state index in [0.29, 0.717) is 5.69 Å². The summed E-state index contributed by atoms with van der Waals surface area (Å²) in [5, 5.41) is 0. The average Bonchev–Trinajstić information content (AvgIpc) is 2.47. The van der Waals surface area contributed by atoms with Gasteiger partial charge in [0.1, 0.15) is 4.90 Å². The minimum Gasteiger partial charge on any atom is -0.378 e. The van der Waals surface area contributed by atoms with Crippen LogP contribution in [0.3, 0.4) is 0 Å². The number of nitrogens with one attached hydrogen (secondary N) is 2. The van der Waals surface area contributed by atoms with E-state index in [9.17, 15) is 8.42 Å². The lowest BCUT2D eigenvalue weighted by Gasteiger charge is -2.14. The molecule has 8 heteroatoms. The Bertz CT molecular complexity index is 714. The molecule has 0 aliphatic carbocycles. The summed E-state index contributed by atoms with van der Waals surface area (Å²) in [6, 6.07) is 8.52. The van der Waals surface area contributed by atoms with Crippen molar-refractivity contribution in [2.45, 2.75) is 4.90 Å². The van der Waals surface area contributed by atoms with Gasteiger partial charge in [-0.15, -0.1) is 0 Å². The molecule has 0 spiro atoms. The summed E-state index contributed by atoms with van der Waals surface area (Å²) in [4.78, 5) is 5.73. The van der Waals surface area contributed by atoms with Gasteiger partial charge in [-0.2, -0.15) is 0 Å². The topological polar surface area (TPSA) is 100 Å². The van der Waals surface area contributed by atoms with Crippen LogP contribution in [-0.2, 0) is 10.0 Å². The Balaban J connectivity index is 2.29. The Hall–Kier alpha value is -2.32. The molecule has 1 aromatic heterocycles. The maximum absolute atomic E-state index is 12.3. The van der Waals surface area contributed by atoms with Crippen molar-refractivity contribution < 1.29 is 8.42 Å². The van der Waals surface area contributed by atoms with Gasteiger partial charge in [-0.25, -0.2) is 8.42 Å². The zero-order valence-corrected chi connectivity index (χ0v) is 12.6. The van der Waals surface area contributed by atoms with Crippen molar-refractivity contribution in [3.63, 3.8) is 0 Å². The van der Waals surface area contributed by atoms with Crippen molar-refractivity contribution in [2.24, 2.45) is 5.84 Å². The van der Waals surface area contributed by atoms with Crippen LogP contribution in [0.5, 0.6) is 0 Å². The molecule has 0 atom stereocenters. The van der Waals surface area contributed by atoms with Gasteiger partial charge >= 0.3 is 0 Å². The fourth-order valence-electron chi connectivity index (χ4n) is 1.75. The first kappa shape index (κ1) is 15.1. The number of hydrogen-bond donors (Lipinski definition) is 3. The van der Waals surface area contributed by atoms with Crippen LogP contribution < -0.4 is 20.9 Å². The highest BCUT2D eigenvalue weighted by Crippen LogP contribution is 2.23. The number of pyridine rings is 1. The molecular formula is C13H17N5O2S. The highest BCUT2D eigenvalue weighted by molar-refractivity contribution is 7.92. The largest absolute Gasteiger partial charge is 0.378 e. The third-order valence-corrected chi connectivity index (χ3v) is 4.27. The predicted octanol–water partition coefficient (Wildman–Crippen LogP) is 1.23. The van der Waals surface area contributed by atoms with Gasteiger partial charge < -0.3 is 10.3 Å². The standard InChI is InChI=1S/C13H17N5O2S/c1-18(2)11-5-3-10(4-6-11)17-21(19,20)13-9-15-8-7-12(13)16-14/h3-9,17H,14H2,1-2H3,(H,15,16). The second-order valence-electron chi connectivity index (χ2n) is 4.56. The minimum atomic E-state index is -3.76. The van der Waals surface area contributed by atoms with Crippen LogP contribution in [0, 0.1) is 0 Å². The third kappa shape index (κ3) is 3.41. The number of hydrogen-bond acceptors (Lipinski definition) is 6. The van der Waals surface area contributed by atoms with E-state index in [0.717, 1.165) is 5.69 Å². The molecule has 112 valence electrons. The van der Waals surface area contributed by atoms with Crippen LogP contribution >= 0.6 is 0 Å². The van der Waals surface area contributed by atoms with E-state index >= 15 is 0 Å². The third-order valence-electron chi connectivity index (χ3n) is 2.87. The number of anilines is 3. The van der Waals surface area contributed by atoms with E-state index in [4.69, 9.17) is 5.84 Å². The summed E-state index contributed by atoms with van der Waals surface area (Å²) in [6.45, 7) is 0. The van der Waals surface area contributed by atoms with Crippen LogP contribution in [0.1, 0.15) is 0 Å². The van der Waals surface area contributed by atoms with Gasteiger partial charge in [0.15, 0.2) is 0 Å². The van der Waals surface area contributed by atoms with Crippen molar-refractivity contribution in [3.05, 3.63) is 42.7 Å². The van der Waals surface area contributed by atoms with E-state index in [1.807, 2.05) is 31.1 Å². The highest BCUT2D eigenvalue weighted by Gasteiger charge is 2.18. The molecule has 0 radical (unpaired) electrons. The van der Waals surface area contributed by atoms with Crippen LogP contribution in [0.2, 0.25) is 0 Å². The van der Waals surface area contributed by atoms with Gasteiger partial charge in [0, 0.05) is 37.9 Å². The molecule has 7 nitrogen and oxygen atoms in total. The summed E-state index contributed by atoms with van der Waals surface area (Å²) >= 11 is 0. The lowest BCUT2D eigenvalue weighted by molar-refractivity contribution is 0.601. The fourth-order valence-corrected chi connectivity index (χ4v) is 2.92. The molecule has 4 N–H and O–H groups in total. The molecule has 2 rings (SSSR count). The van der Waals surface area contributed by atoms with Gasteiger partial charge in [-0.1, -0.05) is 0 Å². The number of benzene rings is 1. The van der Waals surface area contributed by atoms with E-state index in [2.05, 4.69) is 15.1 Å². The van der Waals surface area contributed by atoms with Crippen molar-refractivity contribution in [1.29, 1.82) is 0 Å². The van der Waals surface area contributed by atoms with E-state index < -0.39 is 10.0 Å². The number of nitrogen functional groups attached to an aromatic ring is 1. The van der Waals surface area contributed by atoms with Gasteiger partial charge in [0.25, 0.3) is 10.0 Å². The zero-order chi connectivity index (χ0) is 15.5. The number of sulfonamides is 1. The molecule has 0 unspecified atom stereocenters. The molecule has 21 heavy (non-hydrogen) atoms. The Morgan fingerprint density at radius 3 is 2.38 bits per heavy atom. The van der Waals surface area contributed by atoms with E-state index in [-0.39, 0.29) is 10.6 Å². The first-order valence-corrected chi connectivity index (χ1v) is 7.63. The Morgan fingerprint density at radius 1 is 1.14 bits per heavy atom. The van der Waals surface area contributed by atoms with Crippen molar-refractivity contribution in [2.75, 3.05) is 29.1 Å². The number of nitrogens with two attached hydrogens (primary N) is 1. The lowest BCUT2D eigenvalue weighted by atomic mass is 10.3. The predicted molar refractivity (Wildman–Crippen MR) is 83.6 cm³/mol. The summed E-state index contributed by atoms with van der Waals surface area (Å²) in [5.74, 6) is 5.32. The lowest BCUT2D eigenvalue weighted by Crippen LogP contribution is -2.18.